The average molecular weight is 383 g/mol. The number of rotatable bonds is 10. The van der Waals surface area contributed by atoms with Gasteiger partial charge in [0.1, 0.15) is 18.4 Å². The summed E-state index contributed by atoms with van der Waals surface area (Å²) in [6.07, 6.45) is 0. The Bertz CT molecular complexity index is 835. The van der Waals surface area contributed by atoms with Gasteiger partial charge in [-0.25, -0.2) is 4.79 Å². The van der Waals surface area contributed by atoms with Gasteiger partial charge in [0, 0.05) is 23.9 Å². The molecule has 0 aliphatic rings. The predicted molar refractivity (Wildman–Crippen MR) is 104 cm³/mol. The van der Waals surface area contributed by atoms with Gasteiger partial charge in [-0.2, -0.15) is 5.26 Å². The molecule has 28 heavy (non-hydrogen) atoms. The molecule has 0 bridgehead atoms. The highest BCUT2D eigenvalue weighted by molar-refractivity contribution is 5.93. The number of hydrogen-bond donors (Lipinski definition) is 1. The summed E-state index contributed by atoms with van der Waals surface area (Å²) in [5.41, 5.74) is 2.13. The number of carbonyl (C=O) groups excluding carboxylic acids is 1. The number of ether oxygens (including phenoxy) is 2. The van der Waals surface area contributed by atoms with Gasteiger partial charge in [-0.1, -0.05) is 49.3 Å². The molecule has 1 aromatic heterocycles. The van der Waals surface area contributed by atoms with Gasteiger partial charge in [0.2, 0.25) is 0 Å². The maximum Gasteiger partial charge on any atom is 0.350 e. The smallest absolute Gasteiger partial charge is 0.350 e. The quantitative estimate of drug-likeness (QED) is 0.290. The molecule has 0 atom stereocenters. The minimum Gasteiger partial charge on any atom is -0.459 e. The van der Waals surface area contributed by atoms with Gasteiger partial charge in [0.05, 0.1) is 13.2 Å². The monoisotopic (exact) mass is 383 g/mol. The third kappa shape index (κ3) is 5.96. The van der Waals surface area contributed by atoms with Crippen molar-refractivity contribution in [3.05, 3.63) is 53.4 Å². The Morgan fingerprint density at radius 2 is 2.04 bits per heavy atom. The molecule has 2 aromatic rings. The summed E-state index contributed by atoms with van der Waals surface area (Å²) in [7, 11) is 0. The molecule has 7 nitrogen and oxygen atoms in total. The number of nitriles is 1. The fourth-order valence-corrected chi connectivity index (χ4v) is 2.53. The zero-order valence-corrected chi connectivity index (χ0v) is 16.4. The Morgan fingerprint density at radius 3 is 2.68 bits per heavy atom. The van der Waals surface area contributed by atoms with Crippen LogP contribution in [0.5, 0.6) is 0 Å². The summed E-state index contributed by atoms with van der Waals surface area (Å²) in [6, 6.07) is 13.5. The van der Waals surface area contributed by atoms with Crippen LogP contribution in [0.4, 0.5) is 0 Å². The largest absolute Gasteiger partial charge is 0.459 e. The van der Waals surface area contributed by atoms with Gasteiger partial charge in [-0.05, 0) is 12.8 Å². The van der Waals surface area contributed by atoms with Crippen molar-refractivity contribution in [1.29, 1.82) is 5.26 Å². The number of benzene rings is 1. The number of aromatic nitrogens is 1. The van der Waals surface area contributed by atoms with Crippen molar-refractivity contribution in [2.24, 2.45) is 5.92 Å². The van der Waals surface area contributed by atoms with E-state index in [1.165, 1.54) is 0 Å². The zero-order valence-electron chi connectivity index (χ0n) is 16.4. The molecular weight excluding hydrogens is 358 g/mol. The van der Waals surface area contributed by atoms with Gasteiger partial charge in [0.15, 0.2) is 11.3 Å². The van der Waals surface area contributed by atoms with Gasteiger partial charge in [0.25, 0.3) is 0 Å². The number of nitrogens with zero attached hydrogens (tertiary/aromatic N) is 2. The fraction of sp³-hybridized carbons (Fsp3) is 0.381. The maximum atomic E-state index is 12.2. The lowest BCUT2D eigenvalue weighted by Crippen LogP contribution is -2.23. The van der Waals surface area contributed by atoms with Crippen LogP contribution in [0.15, 0.2) is 52.2 Å². The van der Waals surface area contributed by atoms with E-state index in [0.717, 1.165) is 11.3 Å². The molecule has 2 rings (SSSR count). The van der Waals surface area contributed by atoms with Crippen molar-refractivity contribution in [2.45, 2.75) is 27.3 Å². The standard InChI is InChI=1S/C21H25N3O4/c1-4-26-10-11-27-21(25)18(13-22)20(15(2)3)23-14-17-12-19(24-28-17)16-8-6-5-7-9-16/h5-9,12,15,23H,4,10-11,14H2,1-3H3/b20-18-. The van der Waals surface area contributed by atoms with E-state index in [4.69, 9.17) is 14.0 Å². The molecule has 1 aromatic carbocycles. The van der Waals surface area contributed by atoms with E-state index in [9.17, 15) is 10.1 Å². The van der Waals surface area contributed by atoms with Gasteiger partial charge in [-0.15, -0.1) is 0 Å². The average Bonchev–Trinajstić information content (AvgIpc) is 3.17. The normalized spacial score (nSPS) is 11.7. The first-order valence-electron chi connectivity index (χ1n) is 9.20. The van der Waals surface area contributed by atoms with Crippen molar-refractivity contribution >= 4 is 5.97 Å². The van der Waals surface area contributed by atoms with Crippen LogP contribution in [0.2, 0.25) is 0 Å². The third-order valence-corrected chi connectivity index (χ3v) is 3.91. The summed E-state index contributed by atoms with van der Waals surface area (Å²) in [5, 5.41) is 16.6. The van der Waals surface area contributed by atoms with Crippen molar-refractivity contribution in [3.8, 4) is 17.3 Å². The van der Waals surface area contributed by atoms with Crippen molar-refractivity contribution < 1.29 is 18.8 Å². The van der Waals surface area contributed by atoms with E-state index in [1.807, 2.05) is 63.2 Å². The molecular formula is C21H25N3O4. The van der Waals surface area contributed by atoms with E-state index in [1.54, 1.807) is 0 Å². The van der Waals surface area contributed by atoms with E-state index in [2.05, 4.69) is 10.5 Å². The zero-order chi connectivity index (χ0) is 20.4. The highest BCUT2D eigenvalue weighted by Gasteiger charge is 2.20. The van der Waals surface area contributed by atoms with Crippen LogP contribution in [0, 0.1) is 17.2 Å². The molecule has 0 aliphatic heterocycles. The predicted octanol–water partition coefficient (Wildman–Crippen LogP) is 3.44. The Labute approximate surface area is 164 Å². The molecule has 7 heteroatoms. The second-order valence-electron chi connectivity index (χ2n) is 6.29. The lowest BCUT2D eigenvalue weighted by molar-refractivity contribution is -0.140. The minimum atomic E-state index is -0.666. The van der Waals surface area contributed by atoms with E-state index < -0.39 is 5.97 Å². The van der Waals surface area contributed by atoms with Crippen molar-refractivity contribution in [3.63, 3.8) is 0 Å². The van der Waals surface area contributed by atoms with Crippen LogP contribution < -0.4 is 5.32 Å². The van der Waals surface area contributed by atoms with Gasteiger partial charge in [-0.3, -0.25) is 0 Å². The number of nitrogens with one attached hydrogen (secondary N) is 1. The van der Waals surface area contributed by atoms with Crippen molar-refractivity contribution in [1.82, 2.24) is 10.5 Å². The van der Waals surface area contributed by atoms with Crippen LogP contribution in [0.25, 0.3) is 11.3 Å². The van der Waals surface area contributed by atoms with E-state index in [0.29, 0.717) is 31.2 Å². The summed E-state index contributed by atoms with van der Waals surface area (Å²) in [4.78, 5) is 12.2. The van der Waals surface area contributed by atoms with Crippen LogP contribution in [0.3, 0.4) is 0 Å². The molecule has 0 aliphatic carbocycles. The lowest BCUT2D eigenvalue weighted by Gasteiger charge is -2.15. The first-order valence-corrected chi connectivity index (χ1v) is 9.20. The molecule has 1 heterocycles. The third-order valence-electron chi connectivity index (χ3n) is 3.91. The molecule has 0 amide bonds. The summed E-state index contributed by atoms with van der Waals surface area (Å²) in [6.45, 7) is 6.88. The first kappa shape index (κ1) is 21.2. The van der Waals surface area contributed by atoms with Crippen LogP contribution in [0.1, 0.15) is 26.5 Å². The van der Waals surface area contributed by atoms with Crippen LogP contribution in [-0.2, 0) is 20.8 Å². The number of hydrogen-bond acceptors (Lipinski definition) is 7. The molecule has 0 unspecified atom stereocenters. The van der Waals surface area contributed by atoms with Crippen LogP contribution >= 0.6 is 0 Å². The van der Waals surface area contributed by atoms with E-state index in [-0.39, 0.29) is 18.1 Å². The highest BCUT2D eigenvalue weighted by atomic mass is 16.6. The Kier molecular flexibility index (Phi) is 8.25. The second kappa shape index (κ2) is 10.9. The molecule has 0 spiro atoms. The van der Waals surface area contributed by atoms with Gasteiger partial charge >= 0.3 is 5.97 Å². The molecule has 0 saturated carbocycles. The van der Waals surface area contributed by atoms with E-state index >= 15 is 0 Å². The summed E-state index contributed by atoms with van der Waals surface area (Å²) < 4.78 is 15.6. The molecule has 148 valence electrons. The first-order chi connectivity index (χ1) is 13.6. The Balaban J connectivity index is 2.07. The molecule has 0 fully saturated rings. The Morgan fingerprint density at radius 1 is 1.29 bits per heavy atom. The number of carbonyl (C=O) groups is 1. The molecule has 0 radical (unpaired) electrons. The SMILES string of the molecule is CCOCCOC(=O)/C(C#N)=C(\NCc1cc(-c2ccccc2)no1)C(C)C. The summed E-state index contributed by atoms with van der Waals surface area (Å²) >= 11 is 0. The second-order valence-corrected chi connectivity index (χ2v) is 6.29. The number of esters is 1. The lowest BCUT2D eigenvalue weighted by atomic mass is 10.0. The summed E-state index contributed by atoms with van der Waals surface area (Å²) in [5.74, 6) is -0.148. The van der Waals surface area contributed by atoms with Crippen LogP contribution in [-0.4, -0.2) is 30.9 Å². The van der Waals surface area contributed by atoms with Crippen molar-refractivity contribution in [2.75, 3.05) is 19.8 Å². The fourth-order valence-electron chi connectivity index (χ4n) is 2.53. The highest BCUT2D eigenvalue weighted by Crippen LogP contribution is 2.19. The Hall–Kier alpha value is -3.11. The maximum absolute atomic E-state index is 12.2. The minimum absolute atomic E-state index is 0.0469. The topological polar surface area (TPSA) is 97.4 Å². The van der Waals surface area contributed by atoms with Gasteiger partial charge < -0.3 is 19.3 Å². The molecule has 0 saturated heterocycles. The number of allylic oxidation sites excluding steroid dienone is 1. The molecule has 1 N–H and O–H groups in total.